The Morgan fingerprint density at radius 3 is 2.29 bits per heavy atom. The number of halogens is 2. The molecule has 7 heteroatoms. The minimum atomic E-state index is -0.792. The Balaban J connectivity index is 1.99. The smallest absolute Gasteiger partial charge is 0.261 e. The van der Waals surface area contributed by atoms with Crippen LogP contribution < -0.4 is 10.1 Å². The van der Waals surface area contributed by atoms with Gasteiger partial charge in [-0.2, -0.15) is 0 Å². The summed E-state index contributed by atoms with van der Waals surface area (Å²) in [6.45, 7) is 11.6. The van der Waals surface area contributed by atoms with Crippen LogP contribution in [0.2, 0.25) is 10.0 Å². The van der Waals surface area contributed by atoms with Gasteiger partial charge in [-0.15, -0.1) is 0 Å². The molecule has 3 rings (SSSR count). The van der Waals surface area contributed by atoms with Gasteiger partial charge in [-0.25, -0.2) is 0 Å². The molecule has 202 valence electrons. The lowest BCUT2D eigenvalue weighted by Gasteiger charge is -2.34. The minimum absolute atomic E-state index is 0.124. The Bertz CT molecular complexity index is 1290. The molecule has 1 N–H and O–H groups in total. The monoisotopic (exact) mass is 554 g/mol. The molecule has 5 nitrogen and oxygen atoms in total. The highest BCUT2D eigenvalue weighted by atomic mass is 35.5. The van der Waals surface area contributed by atoms with E-state index in [1.807, 2.05) is 77.9 Å². The first-order valence-corrected chi connectivity index (χ1v) is 13.4. The van der Waals surface area contributed by atoms with Crippen LogP contribution in [0.25, 0.3) is 0 Å². The quantitative estimate of drug-likeness (QED) is 0.314. The van der Waals surface area contributed by atoms with Crippen molar-refractivity contribution in [2.75, 3.05) is 6.61 Å². The van der Waals surface area contributed by atoms with Gasteiger partial charge in [-0.3, -0.25) is 9.59 Å². The molecular weight excluding hydrogens is 519 g/mol. The standard InChI is InChI=1S/C31H36Cl2N2O3/c1-20-14-21(2)22(3)28(15-20)38-19-29(36)35(18-24-12-13-25(32)17-26(24)33)27(30(37)34-31(4,5)6)16-23-10-8-7-9-11-23/h7-15,17,27H,16,18-19H2,1-6H3,(H,34,37). The maximum absolute atomic E-state index is 13.8. The highest BCUT2D eigenvalue weighted by Gasteiger charge is 2.33. The van der Waals surface area contributed by atoms with Gasteiger partial charge in [-0.1, -0.05) is 65.7 Å². The lowest BCUT2D eigenvalue weighted by Crippen LogP contribution is -2.55. The van der Waals surface area contributed by atoms with Crippen LogP contribution >= 0.6 is 23.2 Å². The van der Waals surface area contributed by atoms with Crippen LogP contribution in [0.1, 0.15) is 48.6 Å². The molecule has 0 saturated heterocycles. The van der Waals surface area contributed by atoms with Crippen LogP contribution in [-0.4, -0.2) is 34.9 Å². The minimum Gasteiger partial charge on any atom is -0.483 e. The zero-order valence-electron chi connectivity index (χ0n) is 22.9. The molecule has 1 atom stereocenters. The van der Waals surface area contributed by atoms with Gasteiger partial charge in [0.15, 0.2) is 6.61 Å². The van der Waals surface area contributed by atoms with Crippen LogP contribution in [-0.2, 0) is 22.6 Å². The number of benzene rings is 3. The molecule has 0 aliphatic heterocycles. The molecule has 0 aliphatic rings. The van der Waals surface area contributed by atoms with Gasteiger partial charge in [0.25, 0.3) is 5.91 Å². The van der Waals surface area contributed by atoms with Gasteiger partial charge < -0.3 is 15.0 Å². The van der Waals surface area contributed by atoms with Gasteiger partial charge in [0.2, 0.25) is 5.91 Å². The van der Waals surface area contributed by atoms with E-state index in [0.717, 1.165) is 22.3 Å². The summed E-state index contributed by atoms with van der Waals surface area (Å²) < 4.78 is 6.03. The van der Waals surface area contributed by atoms with E-state index in [2.05, 4.69) is 11.4 Å². The molecule has 2 amide bonds. The topological polar surface area (TPSA) is 58.6 Å². The van der Waals surface area contributed by atoms with E-state index in [0.29, 0.717) is 27.8 Å². The number of carbonyl (C=O) groups is 2. The number of rotatable bonds is 9. The maximum atomic E-state index is 13.8. The predicted molar refractivity (Wildman–Crippen MR) is 155 cm³/mol. The fourth-order valence-corrected chi connectivity index (χ4v) is 4.68. The number of ether oxygens (including phenoxy) is 1. The fourth-order valence-electron chi connectivity index (χ4n) is 4.21. The second kappa shape index (κ2) is 12.7. The van der Waals surface area contributed by atoms with E-state index < -0.39 is 11.6 Å². The Morgan fingerprint density at radius 2 is 1.66 bits per heavy atom. The molecule has 0 spiro atoms. The number of amides is 2. The van der Waals surface area contributed by atoms with Crippen LogP contribution in [0.4, 0.5) is 0 Å². The molecule has 0 radical (unpaired) electrons. The molecule has 0 saturated carbocycles. The second-order valence-electron chi connectivity index (χ2n) is 10.7. The van der Waals surface area contributed by atoms with Crippen LogP contribution in [0.3, 0.4) is 0 Å². The normalized spacial score (nSPS) is 12.1. The lowest BCUT2D eigenvalue weighted by molar-refractivity contribution is -0.143. The predicted octanol–water partition coefficient (Wildman–Crippen LogP) is 6.85. The largest absolute Gasteiger partial charge is 0.483 e. The van der Waals surface area contributed by atoms with Crippen molar-refractivity contribution < 1.29 is 14.3 Å². The zero-order valence-corrected chi connectivity index (χ0v) is 24.4. The van der Waals surface area contributed by atoms with Gasteiger partial charge in [0.1, 0.15) is 11.8 Å². The first-order chi connectivity index (χ1) is 17.8. The molecule has 1 unspecified atom stereocenters. The number of aryl methyl sites for hydroxylation is 2. The van der Waals surface area contributed by atoms with E-state index in [9.17, 15) is 9.59 Å². The first-order valence-electron chi connectivity index (χ1n) is 12.6. The Labute approximate surface area is 236 Å². The van der Waals surface area contributed by atoms with Crippen LogP contribution in [0, 0.1) is 20.8 Å². The Hall–Kier alpha value is -3.02. The maximum Gasteiger partial charge on any atom is 0.261 e. The molecular formula is C31H36Cl2N2O3. The molecule has 0 fully saturated rings. The molecule has 38 heavy (non-hydrogen) atoms. The van der Waals surface area contributed by atoms with Crippen molar-refractivity contribution in [3.05, 3.63) is 98.5 Å². The molecule has 0 bridgehead atoms. The van der Waals surface area contributed by atoms with Crippen molar-refractivity contribution in [1.82, 2.24) is 10.2 Å². The third kappa shape index (κ3) is 8.24. The molecule has 0 heterocycles. The molecule has 0 aromatic heterocycles. The number of nitrogens with one attached hydrogen (secondary N) is 1. The van der Waals surface area contributed by atoms with Crippen LogP contribution in [0.15, 0.2) is 60.7 Å². The average Bonchev–Trinajstić information content (AvgIpc) is 2.83. The third-order valence-corrected chi connectivity index (χ3v) is 6.83. The summed E-state index contributed by atoms with van der Waals surface area (Å²) in [6.07, 6.45) is 0.336. The van der Waals surface area contributed by atoms with Gasteiger partial charge in [-0.05, 0) is 87.6 Å². The van der Waals surface area contributed by atoms with Crippen molar-refractivity contribution in [3.8, 4) is 5.75 Å². The van der Waals surface area contributed by atoms with Crippen molar-refractivity contribution >= 4 is 35.0 Å². The third-order valence-electron chi connectivity index (χ3n) is 6.24. The summed E-state index contributed by atoms with van der Waals surface area (Å²) >= 11 is 12.6. The lowest BCUT2D eigenvalue weighted by atomic mass is 10.0. The highest BCUT2D eigenvalue weighted by Crippen LogP contribution is 2.26. The van der Waals surface area contributed by atoms with Gasteiger partial charge in [0.05, 0.1) is 0 Å². The summed E-state index contributed by atoms with van der Waals surface area (Å²) in [7, 11) is 0. The first kappa shape index (κ1) is 29.5. The summed E-state index contributed by atoms with van der Waals surface area (Å²) in [4.78, 5) is 29.0. The fraction of sp³-hybridized carbons (Fsp3) is 0.355. The number of nitrogens with zero attached hydrogens (tertiary/aromatic N) is 1. The van der Waals surface area contributed by atoms with E-state index >= 15 is 0 Å². The van der Waals surface area contributed by atoms with Crippen molar-refractivity contribution in [3.63, 3.8) is 0 Å². The SMILES string of the molecule is Cc1cc(C)c(C)c(OCC(=O)N(Cc2ccc(Cl)cc2Cl)C(Cc2ccccc2)C(=O)NC(C)(C)C)c1. The highest BCUT2D eigenvalue weighted by molar-refractivity contribution is 6.35. The summed E-state index contributed by atoms with van der Waals surface area (Å²) in [6, 6.07) is 18.0. The Kier molecular flexibility index (Phi) is 9.86. The van der Waals surface area contributed by atoms with Crippen molar-refractivity contribution in [2.24, 2.45) is 0 Å². The Morgan fingerprint density at radius 1 is 0.974 bits per heavy atom. The number of carbonyl (C=O) groups excluding carboxylic acids is 2. The molecule has 3 aromatic rings. The van der Waals surface area contributed by atoms with Crippen LogP contribution in [0.5, 0.6) is 5.75 Å². The molecule has 3 aromatic carbocycles. The second-order valence-corrected chi connectivity index (χ2v) is 11.5. The number of hydrogen-bond acceptors (Lipinski definition) is 3. The van der Waals surface area contributed by atoms with Crippen molar-refractivity contribution in [1.29, 1.82) is 0 Å². The number of hydrogen-bond donors (Lipinski definition) is 1. The van der Waals surface area contributed by atoms with Gasteiger partial charge in [0, 0.05) is 28.5 Å². The van der Waals surface area contributed by atoms with E-state index in [-0.39, 0.29) is 25.0 Å². The summed E-state index contributed by atoms with van der Waals surface area (Å²) in [5.41, 5.74) is 4.25. The average molecular weight is 556 g/mol. The van der Waals surface area contributed by atoms with Crippen molar-refractivity contribution in [2.45, 2.75) is 66.1 Å². The molecule has 0 aliphatic carbocycles. The van der Waals surface area contributed by atoms with E-state index in [4.69, 9.17) is 27.9 Å². The van der Waals surface area contributed by atoms with E-state index in [1.165, 1.54) is 0 Å². The summed E-state index contributed by atoms with van der Waals surface area (Å²) in [5.74, 6) is 0.0843. The summed E-state index contributed by atoms with van der Waals surface area (Å²) in [5, 5.41) is 3.98. The zero-order chi connectivity index (χ0) is 28.0. The van der Waals surface area contributed by atoms with Gasteiger partial charge >= 0.3 is 0 Å². The van der Waals surface area contributed by atoms with E-state index in [1.54, 1.807) is 23.1 Å².